The van der Waals surface area contributed by atoms with Crippen LogP contribution in [0.2, 0.25) is 0 Å². The molecule has 4 nitrogen and oxygen atoms in total. The smallest absolute Gasteiger partial charge is 0.123 e. The number of ether oxygens (including phenoxy) is 1. The molecule has 1 N–H and O–H groups in total. The van der Waals surface area contributed by atoms with E-state index in [1.165, 1.54) is 34.5 Å². The fourth-order valence-corrected chi connectivity index (χ4v) is 4.69. The Bertz CT molecular complexity index is 974. The van der Waals surface area contributed by atoms with Crippen molar-refractivity contribution in [3.63, 3.8) is 0 Å². The van der Waals surface area contributed by atoms with Crippen LogP contribution < -0.4 is 4.74 Å². The number of rotatable bonds is 5. The van der Waals surface area contributed by atoms with Gasteiger partial charge in [0.05, 0.1) is 5.69 Å². The second kappa shape index (κ2) is 7.99. The Morgan fingerprint density at radius 3 is 2.66 bits per heavy atom. The molecule has 1 saturated heterocycles. The number of nitrogens with zero attached hydrogens (tertiary/aromatic N) is 2. The standard InChI is InChI=1S/C24H26FN3O/c25-19-6-8-20(9-7-19)29-16-15-28-13-11-18(12-14-28)23-22-10-5-17-3-1-2-4-21(17)24(22)27-26-23/h1-4,6-9,18H,5,10-16H2,(H,26,27). The highest BCUT2D eigenvalue weighted by molar-refractivity contribution is 5.70. The zero-order valence-corrected chi connectivity index (χ0v) is 16.5. The van der Waals surface area contributed by atoms with Crippen LogP contribution in [0.15, 0.2) is 48.5 Å². The number of hydrogen-bond acceptors (Lipinski definition) is 3. The topological polar surface area (TPSA) is 41.1 Å². The molecule has 29 heavy (non-hydrogen) atoms. The molecule has 0 radical (unpaired) electrons. The van der Waals surface area contributed by atoms with Crippen LogP contribution in [0.1, 0.15) is 35.6 Å². The van der Waals surface area contributed by atoms with Crippen molar-refractivity contribution in [2.75, 3.05) is 26.2 Å². The van der Waals surface area contributed by atoms with E-state index in [4.69, 9.17) is 9.84 Å². The Morgan fingerprint density at radius 2 is 1.83 bits per heavy atom. The number of nitrogens with one attached hydrogen (secondary N) is 1. The number of benzene rings is 2. The second-order valence-electron chi connectivity index (χ2n) is 8.04. The molecular weight excluding hydrogens is 365 g/mol. The lowest BCUT2D eigenvalue weighted by Crippen LogP contribution is -2.36. The molecule has 2 aromatic carbocycles. The van der Waals surface area contributed by atoms with Crippen molar-refractivity contribution in [2.45, 2.75) is 31.6 Å². The minimum Gasteiger partial charge on any atom is -0.492 e. The van der Waals surface area contributed by atoms with Gasteiger partial charge in [-0.25, -0.2) is 4.39 Å². The van der Waals surface area contributed by atoms with Crippen LogP contribution in [0.25, 0.3) is 11.3 Å². The third kappa shape index (κ3) is 3.79. The number of hydrogen-bond donors (Lipinski definition) is 1. The van der Waals surface area contributed by atoms with Gasteiger partial charge in [0.1, 0.15) is 18.2 Å². The van der Waals surface area contributed by atoms with Gasteiger partial charge in [-0.2, -0.15) is 5.10 Å². The first-order chi connectivity index (χ1) is 14.3. The zero-order chi connectivity index (χ0) is 19.6. The molecule has 1 aliphatic heterocycles. The molecule has 2 heterocycles. The summed E-state index contributed by atoms with van der Waals surface area (Å²) in [6.45, 7) is 3.68. The fraction of sp³-hybridized carbons (Fsp3) is 0.375. The van der Waals surface area contributed by atoms with Crippen LogP contribution in [0.5, 0.6) is 5.75 Å². The van der Waals surface area contributed by atoms with Crippen LogP contribution in [0, 0.1) is 5.82 Å². The predicted molar refractivity (Wildman–Crippen MR) is 112 cm³/mol. The molecule has 0 amide bonds. The maximum Gasteiger partial charge on any atom is 0.123 e. The molecule has 0 atom stereocenters. The maximum atomic E-state index is 13.0. The highest BCUT2D eigenvalue weighted by Gasteiger charge is 2.28. The molecule has 1 aliphatic carbocycles. The van der Waals surface area contributed by atoms with Crippen LogP contribution in [0.4, 0.5) is 4.39 Å². The summed E-state index contributed by atoms with van der Waals surface area (Å²) in [5, 5.41) is 8.08. The summed E-state index contributed by atoms with van der Waals surface area (Å²) in [5.74, 6) is 1.06. The van der Waals surface area contributed by atoms with Gasteiger partial charge in [0, 0.05) is 29.3 Å². The van der Waals surface area contributed by atoms with E-state index in [9.17, 15) is 4.39 Å². The number of aromatic nitrogens is 2. The molecule has 0 saturated carbocycles. The molecule has 0 bridgehead atoms. The van der Waals surface area contributed by atoms with Crippen LogP contribution >= 0.6 is 0 Å². The van der Waals surface area contributed by atoms with Crippen molar-refractivity contribution in [1.82, 2.24) is 15.1 Å². The zero-order valence-electron chi connectivity index (χ0n) is 16.5. The van der Waals surface area contributed by atoms with E-state index in [1.807, 2.05) is 0 Å². The van der Waals surface area contributed by atoms with E-state index in [1.54, 1.807) is 12.1 Å². The van der Waals surface area contributed by atoms with E-state index in [0.717, 1.165) is 56.8 Å². The molecule has 2 aliphatic rings. The van der Waals surface area contributed by atoms with Crippen molar-refractivity contribution in [3.05, 3.63) is 71.2 Å². The Morgan fingerprint density at radius 1 is 1.03 bits per heavy atom. The lowest BCUT2D eigenvalue weighted by Gasteiger charge is -2.32. The number of aromatic amines is 1. The van der Waals surface area contributed by atoms with E-state index in [0.29, 0.717) is 12.5 Å². The average Bonchev–Trinajstić information content (AvgIpc) is 3.20. The van der Waals surface area contributed by atoms with E-state index in [2.05, 4.69) is 34.3 Å². The normalized spacial score (nSPS) is 17.0. The third-order valence-corrected chi connectivity index (χ3v) is 6.30. The van der Waals surface area contributed by atoms with Crippen molar-refractivity contribution in [1.29, 1.82) is 0 Å². The number of halogens is 1. The van der Waals surface area contributed by atoms with Crippen LogP contribution in [-0.2, 0) is 12.8 Å². The summed E-state index contributed by atoms with van der Waals surface area (Å²) in [5.41, 5.74) is 6.66. The Balaban J connectivity index is 1.17. The molecule has 1 fully saturated rings. The Labute approximate surface area is 170 Å². The lowest BCUT2D eigenvalue weighted by atomic mass is 9.84. The van der Waals surface area contributed by atoms with Crippen LogP contribution in [-0.4, -0.2) is 41.3 Å². The molecule has 3 aromatic rings. The molecule has 5 rings (SSSR count). The summed E-state index contributed by atoms with van der Waals surface area (Å²) in [6, 6.07) is 14.9. The monoisotopic (exact) mass is 391 g/mol. The van der Waals surface area contributed by atoms with Gasteiger partial charge in [0.2, 0.25) is 0 Å². The minimum absolute atomic E-state index is 0.232. The summed E-state index contributed by atoms with van der Waals surface area (Å²) in [7, 11) is 0. The predicted octanol–water partition coefficient (Wildman–Crippen LogP) is 4.57. The van der Waals surface area contributed by atoms with Gasteiger partial charge >= 0.3 is 0 Å². The molecule has 5 heteroatoms. The number of aryl methyl sites for hydroxylation is 1. The lowest BCUT2D eigenvalue weighted by molar-refractivity contribution is 0.172. The van der Waals surface area contributed by atoms with Gasteiger partial charge in [-0.3, -0.25) is 10.00 Å². The second-order valence-corrected chi connectivity index (χ2v) is 8.04. The number of fused-ring (bicyclic) bond motifs is 3. The molecule has 0 spiro atoms. The SMILES string of the molecule is Fc1ccc(OCCN2CCC(c3[nH]nc4c3CCc3ccccc3-4)CC2)cc1. The van der Waals surface area contributed by atoms with Crippen molar-refractivity contribution in [2.24, 2.45) is 0 Å². The summed E-state index contributed by atoms with van der Waals surface area (Å²) in [6.07, 6.45) is 4.48. The van der Waals surface area contributed by atoms with E-state index in [-0.39, 0.29) is 5.82 Å². The third-order valence-electron chi connectivity index (χ3n) is 6.30. The molecule has 0 unspecified atom stereocenters. The van der Waals surface area contributed by atoms with Crippen molar-refractivity contribution in [3.8, 4) is 17.0 Å². The maximum absolute atomic E-state index is 13.0. The van der Waals surface area contributed by atoms with Gasteiger partial charge in [-0.1, -0.05) is 24.3 Å². The fourth-order valence-electron chi connectivity index (χ4n) is 4.69. The minimum atomic E-state index is -0.232. The molecular formula is C24H26FN3O. The summed E-state index contributed by atoms with van der Waals surface area (Å²) >= 11 is 0. The largest absolute Gasteiger partial charge is 0.492 e. The molecule has 150 valence electrons. The van der Waals surface area contributed by atoms with Gasteiger partial charge < -0.3 is 4.74 Å². The first-order valence-corrected chi connectivity index (χ1v) is 10.5. The van der Waals surface area contributed by atoms with Gasteiger partial charge in [0.15, 0.2) is 0 Å². The number of piperidine rings is 1. The first-order valence-electron chi connectivity index (χ1n) is 10.5. The van der Waals surface area contributed by atoms with Gasteiger partial charge in [-0.05, 0) is 68.6 Å². The summed E-state index contributed by atoms with van der Waals surface area (Å²) in [4.78, 5) is 2.46. The van der Waals surface area contributed by atoms with Crippen molar-refractivity contribution >= 4 is 0 Å². The Hall–Kier alpha value is -2.66. The highest BCUT2D eigenvalue weighted by atomic mass is 19.1. The van der Waals surface area contributed by atoms with Crippen LogP contribution in [0.3, 0.4) is 0 Å². The highest BCUT2D eigenvalue weighted by Crippen LogP contribution is 2.38. The number of H-pyrrole nitrogens is 1. The van der Waals surface area contributed by atoms with E-state index < -0.39 is 0 Å². The molecule has 1 aromatic heterocycles. The first kappa shape index (κ1) is 18.4. The Kier molecular flexibility index (Phi) is 5.06. The summed E-state index contributed by atoms with van der Waals surface area (Å²) < 4.78 is 18.7. The van der Waals surface area contributed by atoms with E-state index >= 15 is 0 Å². The van der Waals surface area contributed by atoms with Gasteiger partial charge in [0.25, 0.3) is 0 Å². The number of likely N-dealkylation sites (tertiary alicyclic amines) is 1. The quantitative estimate of drug-likeness (QED) is 0.693. The van der Waals surface area contributed by atoms with Crippen molar-refractivity contribution < 1.29 is 9.13 Å². The van der Waals surface area contributed by atoms with Gasteiger partial charge in [-0.15, -0.1) is 0 Å². The average molecular weight is 391 g/mol.